The molecule has 1 aliphatic heterocycles. The van der Waals surface area contributed by atoms with Crippen LogP contribution in [0.5, 0.6) is 0 Å². The van der Waals surface area contributed by atoms with Crippen molar-refractivity contribution in [2.75, 3.05) is 7.11 Å². The van der Waals surface area contributed by atoms with Gasteiger partial charge in [-0.25, -0.2) is 0 Å². The lowest BCUT2D eigenvalue weighted by molar-refractivity contribution is -0.140. The number of hydrogen-bond acceptors (Lipinski definition) is 5. The fourth-order valence-electron chi connectivity index (χ4n) is 5.55. The number of ether oxygens (including phenoxy) is 2. The summed E-state index contributed by atoms with van der Waals surface area (Å²) in [5.74, 6) is 1.19. The Bertz CT molecular complexity index is 527. The highest BCUT2D eigenvalue weighted by Crippen LogP contribution is 2.45. The molecule has 160 valence electrons. The Morgan fingerprint density at radius 2 is 2.00 bits per heavy atom. The van der Waals surface area contributed by atoms with Crippen LogP contribution in [0.2, 0.25) is 0 Å². The summed E-state index contributed by atoms with van der Waals surface area (Å²) in [6.07, 6.45) is 13.4. The number of aliphatic hydroxyl groups is 2. The molecule has 1 saturated heterocycles. The number of carbonyl (C=O) groups excluding carboxylic acids is 1. The van der Waals surface area contributed by atoms with Crippen molar-refractivity contribution in [3.05, 3.63) is 12.2 Å². The first-order chi connectivity index (χ1) is 13.5. The van der Waals surface area contributed by atoms with E-state index >= 15 is 0 Å². The molecule has 0 amide bonds. The zero-order valence-electron chi connectivity index (χ0n) is 17.5. The molecule has 2 saturated carbocycles. The Labute approximate surface area is 169 Å². The number of carbonyl (C=O) groups is 1. The average molecular weight is 395 g/mol. The Morgan fingerprint density at radius 1 is 1.25 bits per heavy atom. The molecule has 0 bridgehead atoms. The summed E-state index contributed by atoms with van der Waals surface area (Å²) < 4.78 is 10.9. The molecule has 3 fully saturated rings. The lowest BCUT2D eigenvalue weighted by Gasteiger charge is -2.23. The molecule has 5 heteroatoms. The summed E-state index contributed by atoms with van der Waals surface area (Å²) in [5, 5.41) is 21.1. The van der Waals surface area contributed by atoms with Crippen LogP contribution >= 0.6 is 0 Å². The van der Waals surface area contributed by atoms with E-state index in [4.69, 9.17) is 4.74 Å². The van der Waals surface area contributed by atoms with Crippen LogP contribution < -0.4 is 0 Å². The predicted molar refractivity (Wildman–Crippen MR) is 108 cm³/mol. The van der Waals surface area contributed by atoms with Crippen LogP contribution in [0.25, 0.3) is 0 Å². The first-order valence-electron chi connectivity index (χ1n) is 11.3. The molecule has 1 heterocycles. The molecular formula is C23H38O5. The third-order valence-corrected chi connectivity index (χ3v) is 7.39. The molecule has 5 nitrogen and oxygen atoms in total. The van der Waals surface area contributed by atoms with E-state index in [0.29, 0.717) is 24.7 Å². The second kappa shape index (κ2) is 10.2. The van der Waals surface area contributed by atoms with E-state index in [0.717, 1.165) is 25.7 Å². The van der Waals surface area contributed by atoms with E-state index in [-0.39, 0.29) is 36.1 Å². The number of aliphatic hydroxyl groups excluding tert-OH is 2. The van der Waals surface area contributed by atoms with Crippen molar-refractivity contribution in [3.8, 4) is 0 Å². The summed E-state index contributed by atoms with van der Waals surface area (Å²) in [4.78, 5) is 11.2. The Morgan fingerprint density at radius 3 is 2.71 bits per heavy atom. The molecule has 2 aliphatic carbocycles. The first-order valence-corrected chi connectivity index (χ1v) is 11.3. The van der Waals surface area contributed by atoms with Gasteiger partial charge in [0.15, 0.2) is 0 Å². The molecular weight excluding hydrogens is 356 g/mol. The van der Waals surface area contributed by atoms with Crippen LogP contribution in [0, 0.1) is 23.7 Å². The molecule has 3 rings (SSSR count). The van der Waals surface area contributed by atoms with Crippen molar-refractivity contribution in [3.63, 3.8) is 0 Å². The maximum absolute atomic E-state index is 11.2. The van der Waals surface area contributed by atoms with E-state index in [1.165, 1.54) is 32.8 Å². The van der Waals surface area contributed by atoms with Gasteiger partial charge in [0.25, 0.3) is 0 Å². The van der Waals surface area contributed by atoms with Gasteiger partial charge in [-0.05, 0) is 37.0 Å². The number of fused-ring (bicyclic) bond motifs is 1. The van der Waals surface area contributed by atoms with Gasteiger partial charge in [0.05, 0.1) is 31.5 Å². The molecule has 2 unspecified atom stereocenters. The van der Waals surface area contributed by atoms with E-state index < -0.39 is 6.10 Å². The Hall–Kier alpha value is -0.910. The fraction of sp³-hybridized carbons (Fsp3) is 0.870. The normalized spacial score (nSPS) is 35.4. The second-order valence-electron chi connectivity index (χ2n) is 9.18. The van der Waals surface area contributed by atoms with Gasteiger partial charge in [0, 0.05) is 18.8 Å². The van der Waals surface area contributed by atoms with Crippen molar-refractivity contribution in [2.45, 2.75) is 95.5 Å². The van der Waals surface area contributed by atoms with E-state index in [9.17, 15) is 15.0 Å². The van der Waals surface area contributed by atoms with Crippen LogP contribution in [0.3, 0.4) is 0 Å². The highest BCUT2D eigenvalue weighted by molar-refractivity contribution is 5.68. The quantitative estimate of drug-likeness (QED) is 0.355. The van der Waals surface area contributed by atoms with Crippen molar-refractivity contribution >= 4 is 5.97 Å². The largest absolute Gasteiger partial charge is 0.469 e. The average Bonchev–Trinajstić information content (AvgIpc) is 3.39. The Kier molecular flexibility index (Phi) is 7.95. The number of rotatable bonds is 9. The Balaban J connectivity index is 1.46. The zero-order valence-corrected chi connectivity index (χ0v) is 17.5. The van der Waals surface area contributed by atoms with E-state index in [1.54, 1.807) is 0 Å². The molecule has 0 aromatic rings. The van der Waals surface area contributed by atoms with Crippen molar-refractivity contribution in [1.82, 2.24) is 0 Å². The topological polar surface area (TPSA) is 76.0 Å². The third kappa shape index (κ3) is 5.37. The number of hydrogen-bond donors (Lipinski definition) is 2. The van der Waals surface area contributed by atoms with Gasteiger partial charge in [-0.2, -0.15) is 0 Å². The minimum absolute atomic E-state index is 0.0792. The zero-order chi connectivity index (χ0) is 20.1. The van der Waals surface area contributed by atoms with Gasteiger partial charge in [0.2, 0.25) is 0 Å². The van der Waals surface area contributed by atoms with Crippen molar-refractivity contribution < 1.29 is 24.5 Å². The number of unbranched alkanes of at least 4 members (excludes halogenated alkanes) is 1. The molecule has 28 heavy (non-hydrogen) atoms. The van der Waals surface area contributed by atoms with Crippen LogP contribution in [0.1, 0.15) is 71.1 Å². The number of esters is 1. The van der Waals surface area contributed by atoms with Crippen molar-refractivity contribution in [1.29, 1.82) is 0 Å². The van der Waals surface area contributed by atoms with Gasteiger partial charge in [-0.3, -0.25) is 4.79 Å². The van der Waals surface area contributed by atoms with Gasteiger partial charge in [-0.1, -0.05) is 51.2 Å². The molecule has 0 aromatic carbocycles. The second-order valence-corrected chi connectivity index (χ2v) is 9.18. The summed E-state index contributed by atoms with van der Waals surface area (Å²) in [6.45, 7) is 2.15. The van der Waals surface area contributed by atoms with Crippen LogP contribution in [0.4, 0.5) is 0 Å². The SMILES string of the molecule is COC(=O)CCCCC1C[C@@H]2[C@@H](C=C[C@H](O)C(C)C3CCCC3)[C@H](O)C[C@H]2O1. The smallest absolute Gasteiger partial charge is 0.305 e. The maximum Gasteiger partial charge on any atom is 0.305 e. The highest BCUT2D eigenvalue weighted by atomic mass is 16.5. The predicted octanol–water partition coefficient (Wildman–Crippen LogP) is 3.62. The summed E-state index contributed by atoms with van der Waals surface area (Å²) in [6, 6.07) is 0. The third-order valence-electron chi connectivity index (χ3n) is 7.39. The van der Waals surface area contributed by atoms with E-state index in [1.807, 2.05) is 6.08 Å². The van der Waals surface area contributed by atoms with Gasteiger partial charge < -0.3 is 19.7 Å². The molecule has 2 N–H and O–H groups in total. The van der Waals surface area contributed by atoms with Gasteiger partial charge in [0.1, 0.15) is 0 Å². The lowest BCUT2D eigenvalue weighted by atomic mass is 9.85. The minimum Gasteiger partial charge on any atom is -0.469 e. The van der Waals surface area contributed by atoms with Gasteiger partial charge >= 0.3 is 5.97 Å². The molecule has 0 aromatic heterocycles. The van der Waals surface area contributed by atoms with Crippen LogP contribution in [-0.4, -0.2) is 47.7 Å². The minimum atomic E-state index is -0.425. The first kappa shape index (κ1) is 21.8. The van der Waals surface area contributed by atoms with Crippen LogP contribution in [-0.2, 0) is 14.3 Å². The summed E-state index contributed by atoms with van der Waals surface area (Å²) >= 11 is 0. The molecule has 7 atom stereocenters. The van der Waals surface area contributed by atoms with E-state index in [2.05, 4.69) is 17.7 Å². The fourth-order valence-corrected chi connectivity index (χ4v) is 5.55. The summed E-state index contributed by atoms with van der Waals surface area (Å²) in [7, 11) is 1.42. The number of methoxy groups -OCH3 is 1. The maximum atomic E-state index is 11.2. The molecule has 0 radical (unpaired) electrons. The molecule has 0 spiro atoms. The monoisotopic (exact) mass is 394 g/mol. The lowest BCUT2D eigenvalue weighted by Crippen LogP contribution is -2.24. The summed E-state index contributed by atoms with van der Waals surface area (Å²) in [5.41, 5.74) is 0. The molecule has 3 aliphatic rings. The van der Waals surface area contributed by atoms with Crippen molar-refractivity contribution in [2.24, 2.45) is 23.7 Å². The standard InChI is InChI=1S/C23H38O5/c1-15(16-7-3-4-8-16)20(24)12-11-18-19-13-17(28-22(19)14-21(18)25)9-5-6-10-23(26)27-2/h11-12,15-22,24-25H,3-10,13-14H2,1-2H3/t15?,17?,18-,19-,20+,21-,22-/m1/s1. The highest BCUT2D eigenvalue weighted by Gasteiger charge is 2.47. The van der Waals surface area contributed by atoms with Crippen LogP contribution in [0.15, 0.2) is 12.2 Å². The van der Waals surface area contributed by atoms with Gasteiger partial charge in [-0.15, -0.1) is 0 Å².